The van der Waals surface area contributed by atoms with Crippen LogP contribution in [0.25, 0.3) is 0 Å². The molecule has 0 unspecified atom stereocenters. The standard InChI is InChI=1S/C9H15NO2.ClH/c1-12-9(11)7-3-6-2-5(7)4-8(6)10;/h5-8H,2-4,10H2,1H3;1H/t5-,6-,7-,8-;/m1./s1. The predicted octanol–water partition coefficient (Wildman–Crippen LogP) is 0.955. The molecule has 2 N–H and O–H groups in total. The lowest BCUT2D eigenvalue weighted by Crippen LogP contribution is -2.32. The van der Waals surface area contributed by atoms with Gasteiger partial charge in [0.1, 0.15) is 0 Å². The second kappa shape index (κ2) is 3.84. The van der Waals surface area contributed by atoms with Gasteiger partial charge in [-0.1, -0.05) is 0 Å². The van der Waals surface area contributed by atoms with Crippen LogP contribution in [0.15, 0.2) is 0 Å². The van der Waals surface area contributed by atoms with Crippen LogP contribution in [0.5, 0.6) is 0 Å². The summed E-state index contributed by atoms with van der Waals surface area (Å²) in [6.07, 6.45) is 3.11. The molecule has 2 aliphatic carbocycles. The average molecular weight is 206 g/mol. The third-order valence-electron chi connectivity index (χ3n) is 3.42. The van der Waals surface area contributed by atoms with Crippen LogP contribution in [-0.2, 0) is 9.53 Å². The molecule has 0 aliphatic heterocycles. The molecule has 0 aromatic heterocycles. The Hall–Kier alpha value is -0.280. The second-order valence-corrected chi connectivity index (χ2v) is 4.02. The van der Waals surface area contributed by atoms with Crippen LogP contribution < -0.4 is 5.73 Å². The number of hydrogen-bond donors (Lipinski definition) is 1. The molecule has 2 rings (SSSR count). The zero-order valence-corrected chi connectivity index (χ0v) is 8.55. The molecular weight excluding hydrogens is 190 g/mol. The minimum absolute atomic E-state index is 0. The predicted molar refractivity (Wildman–Crippen MR) is 51.6 cm³/mol. The Morgan fingerprint density at radius 1 is 1.31 bits per heavy atom. The highest BCUT2D eigenvalue weighted by Gasteiger charge is 2.47. The molecule has 0 heterocycles. The van der Waals surface area contributed by atoms with Gasteiger partial charge < -0.3 is 10.5 Å². The van der Waals surface area contributed by atoms with Crippen LogP contribution in [0, 0.1) is 17.8 Å². The normalized spacial score (nSPS) is 41.4. The molecule has 0 aromatic rings. The number of esters is 1. The summed E-state index contributed by atoms with van der Waals surface area (Å²) in [6.45, 7) is 0. The van der Waals surface area contributed by atoms with Crippen LogP contribution in [0.4, 0.5) is 0 Å². The van der Waals surface area contributed by atoms with Gasteiger partial charge in [0.2, 0.25) is 0 Å². The fourth-order valence-corrected chi connectivity index (χ4v) is 2.76. The molecule has 3 nitrogen and oxygen atoms in total. The minimum atomic E-state index is -0.0330. The molecule has 0 aromatic carbocycles. The Morgan fingerprint density at radius 2 is 2.00 bits per heavy atom. The number of hydrogen-bond acceptors (Lipinski definition) is 3. The topological polar surface area (TPSA) is 52.3 Å². The van der Waals surface area contributed by atoms with Gasteiger partial charge in [0.15, 0.2) is 0 Å². The van der Waals surface area contributed by atoms with Crippen molar-refractivity contribution in [2.24, 2.45) is 23.5 Å². The summed E-state index contributed by atoms with van der Waals surface area (Å²) in [5.74, 6) is 1.21. The van der Waals surface area contributed by atoms with Crippen molar-refractivity contribution in [2.75, 3.05) is 7.11 Å². The highest BCUT2D eigenvalue weighted by molar-refractivity contribution is 5.85. The summed E-state index contributed by atoms with van der Waals surface area (Å²) in [5.41, 5.74) is 5.87. The van der Waals surface area contributed by atoms with Crippen molar-refractivity contribution in [3.8, 4) is 0 Å². The largest absolute Gasteiger partial charge is 0.469 e. The van der Waals surface area contributed by atoms with E-state index in [1.165, 1.54) is 7.11 Å². The highest BCUT2D eigenvalue weighted by atomic mass is 35.5. The van der Waals surface area contributed by atoms with Gasteiger partial charge >= 0.3 is 5.97 Å². The molecule has 13 heavy (non-hydrogen) atoms. The smallest absolute Gasteiger partial charge is 0.308 e. The van der Waals surface area contributed by atoms with Gasteiger partial charge in [-0.25, -0.2) is 0 Å². The Labute approximate surface area is 84.4 Å². The van der Waals surface area contributed by atoms with Gasteiger partial charge in [-0.2, -0.15) is 0 Å². The molecular formula is C9H16ClNO2. The Kier molecular flexibility index (Phi) is 3.19. The van der Waals surface area contributed by atoms with Crippen molar-refractivity contribution in [2.45, 2.75) is 25.3 Å². The first-order valence-corrected chi connectivity index (χ1v) is 4.55. The number of fused-ring (bicyclic) bond motifs is 2. The van der Waals surface area contributed by atoms with E-state index >= 15 is 0 Å². The second-order valence-electron chi connectivity index (χ2n) is 4.02. The Bertz CT molecular complexity index is 208. The van der Waals surface area contributed by atoms with Gasteiger partial charge in [0.25, 0.3) is 0 Å². The zero-order chi connectivity index (χ0) is 8.72. The molecule has 76 valence electrons. The first-order chi connectivity index (χ1) is 5.72. The van der Waals surface area contributed by atoms with Crippen molar-refractivity contribution in [1.29, 1.82) is 0 Å². The zero-order valence-electron chi connectivity index (χ0n) is 7.73. The van der Waals surface area contributed by atoms with E-state index in [1.54, 1.807) is 0 Å². The van der Waals surface area contributed by atoms with Crippen LogP contribution in [-0.4, -0.2) is 19.1 Å². The molecule has 0 saturated heterocycles. The van der Waals surface area contributed by atoms with E-state index in [4.69, 9.17) is 10.5 Å². The van der Waals surface area contributed by atoms with Crippen molar-refractivity contribution in [3.05, 3.63) is 0 Å². The van der Waals surface area contributed by atoms with Gasteiger partial charge in [0.05, 0.1) is 13.0 Å². The lowest BCUT2D eigenvalue weighted by atomic mass is 9.86. The summed E-state index contributed by atoms with van der Waals surface area (Å²) in [5, 5.41) is 0. The average Bonchev–Trinajstić information content (AvgIpc) is 2.60. The maximum atomic E-state index is 11.2. The van der Waals surface area contributed by atoms with Crippen molar-refractivity contribution < 1.29 is 9.53 Å². The van der Waals surface area contributed by atoms with Crippen LogP contribution in [0.3, 0.4) is 0 Å². The van der Waals surface area contributed by atoms with E-state index < -0.39 is 0 Å². The van der Waals surface area contributed by atoms with Crippen LogP contribution in [0.2, 0.25) is 0 Å². The first-order valence-electron chi connectivity index (χ1n) is 4.55. The van der Waals surface area contributed by atoms with Crippen molar-refractivity contribution >= 4 is 18.4 Å². The SMILES string of the molecule is COC(=O)[C@@H]1C[C@H]2C[C@@H]1C[C@H]2N.Cl. The minimum Gasteiger partial charge on any atom is -0.469 e. The Morgan fingerprint density at radius 3 is 2.38 bits per heavy atom. The third-order valence-corrected chi connectivity index (χ3v) is 3.42. The molecule has 0 amide bonds. The number of methoxy groups -OCH3 is 1. The lowest BCUT2D eigenvalue weighted by Gasteiger charge is -2.23. The molecule has 2 aliphatic rings. The number of rotatable bonds is 1. The van der Waals surface area contributed by atoms with Crippen LogP contribution in [0.1, 0.15) is 19.3 Å². The maximum absolute atomic E-state index is 11.2. The molecule has 2 bridgehead atoms. The van der Waals surface area contributed by atoms with Gasteiger partial charge in [0, 0.05) is 6.04 Å². The molecule has 4 atom stereocenters. The quantitative estimate of drug-likeness (QED) is 0.649. The van der Waals surface area contributed by atoms with Crippen molar-refractivity contribution in [3.63, 3.8) is 0 Å². The summed E-state index contributed by atoms with van der Waals surface area (Å²) in [7, 11) is 1.47. The lowest BCUT2D eigenvalue weighted by molar-refractivity contribution is -0.147. The van der Waals surface area contributed by atoms with E-state index in [0.29, 0.717) is 17.9 Å². The fourth-order valence-electron chi connectivity index (χ4n) is 2.76. The van der Waals surface area contributed by atoms with E-state index in [9.17, 15) is 4.79 Å². The van der Waals surface area contributed by atoms with E-state index in [-0.39, 0.29) is 24.3 Å². The highest BCUT2D eigenvalue weighted by Crippen LogP contribution is 2.47. The molecule has 0 radical (unpaired) electrons. The summed E-state index contributed by atoms with van der Waals surface area (Å²) >= 11 is 0. The molecule has 2 fully saturated rings. The summed E-state index contributed by atoms with van der Waals surface area (Å²) in [6, 6.07) is 0.343. The van der Waals surface area contributed by atoms with E-state index in [0.717, 1.165) is 19.3 Å². The van der Waals surface area contributed by atoms with E-state index in [2.05, 4.69) is 0 Å². The fraction of sp³-hybridized carbons (Fsp3) is 0.889. The number of nitrogens with two attached hydrogens (primary N) is 1. The number of halogens is 1. The first kappa shape index (κ1) is 10.8. The van der Waals surface area contributed by atoms with E-state index in [1.807, 2.05) is 0 Å². The van der Waals surface area contributed by atoms with Gasteiger partial charge in [-0.15, -0.1) is 12.4 Å². The van der Waals surface area contributed by atoms with Gasteiger partial charge in [-0.3, -0.25) is 4.79 Å². The molecule has 2 saturated carbocycles. The molecule has 4 heteroatoms. The number of carbonyl (C=O) groups excluding carboxylic acids is 1. The van der Waals surface area contributed by atoms with Gasteiger partial charge in [-0.05, 0) is 31.1 Å². The monoisotopic (exact) mass is 205 g/mol. The molecule has 0 spiro atoms. The Balaban J connectivity index is 0.000000845. The number of carbonyl (C=O) groups is 1. The van der Waals surface area contributed by atoms with Crippen LogP contribution >= 0.6 is 12.4 Å². The summed E-state index contributed by atoms with van der Waals surface area (Å²) in [4.78, 5) is 11.2. The summed E-state index contributed by atoms with van der Waals surface area (Å²) < 4.78 is 4.74. The maximum Gasteiger partial charge on any atom is 0.308 e. The van der Waals surface area contributed by atoms with Crippen molar-refractivity contribution in [1.82, 2.24) is 0 Å². The third kappa shape index (κ3) is 1.67. The number of ether oxygens (including phenoxy) is 1.